The lowest BCUT2D eigenvalue weighted by atomic mass is 9.64. The van der Waals surface area contributed by atoms with Gasteiger partial charge in [0.25, 0.3) is 0 Å². The first kappa shape index (κ1) is 44.0. The summed E-state index contributed by atoms with van der Waals surface area (Å²) in [4.78, 5) is 18.1. The van der Waals surface area contributed by atoms with Gasteiger partial charge in [0.1, 0.15) is 12.2 Å². The Morgan fingerprint density at radius 1 is 1.07 bits per heavy atom. The quantitative estimate of drug-likeness (QED) is 0.0873. The number of phenols is 1. The Kier molecular flexibility index (Phi) is 13.9. The second-order valence-corrected chi connectivity index (χ2v) is 21.6. The fourth-order valence-electron chi connectivity index (χ4n) is 11.9. The fourth-order valence-corrected chi connectivity index (χ4v) is 14.4. The van der Waals surface area contributed by atoms with Crippen molar-refractivity contribution in [2.45, 2.75) is 164 Å². The Hall–Kier alpha value is -2.64. The molecule has 0 aromatic heterocycles. The van der Waals surface area contributed by atoms with Crippen molar-refractivity contribution in [3.8, 4) is 23.3 Å². The first-order valence-corrected chi connectivity index (χ1v) is 25.2. The number of piperidine rings is 1. The van der Waals surface area contributed by atoms with E-state index in [4.69, 9.17) is 20.2 Å². The van der Waals surface area contributed by atoms with Gasteiger partial charge in [0.15, 0.2) is 17.5 Å². The lowest BCUT2D eigenvalue weighted by molar-refractivity contribution is -0.152. The maximum absolute atomic E-state index is 12.9. The molecule has 11 unspecified atom stereocenters. The van der Waals surface area contributed by atoms with Gasteiger partial charge in [0, 0.05) is 66.8 Å². The number of nitrogens with one attached hydrogen (secondary N) is 3. The topological polar surface area (TPSA) is 191 Å². The molecule has 0 amide bonds. The van der Waals surface area contributed by atoms with E-state index in [1.807, 2.05) is 39.8 Å². The Bertz CT molecular complexity index is 1820. The van der Waals surface area contributed by atoms with E-state index in [1.54, 1.807) is 6.07 Å². The SMILES string of the molecule is CC(=O)OC1CC(O)CCC23C#CC4CC5CCC(NCCSSCC6(CCCCC6)NC(N)=NC2C=CCC3O)C2(C5)CC(CCN2)Oc2cc(c(CO)cc2O)CC41. The summed E-state index contributed by atoms with van der Waals surface area (Å²) in [5.74, 6) is 9.24. The van der Waals surface area contributed by atoms with Gasteiger partial charge in [-0.25, -0.2) is 4.99 Å². The van der Waals surface area contributed by atoms with Gasteiger partial charge < -0.3 is 51.6 Å². The Morgan fingerprint density at radius 3 is 2.73 bits per heavy atom. The number of aliphatic hydroxyl groups excluding tert-OH is 3. The molecular weight excluding hydrogens is 799 g/mol. The average molecular weight is 866 g/mol. The van der Waals surface area contributed by atoms with E-state index in [1.165, 1.54) is 13.3 Å². The summed E-state index contributed by atoms with van der Waals surface area (Å²) in [6.07, 6.45) is 13.8. The molecule has 1 saturated heterocycles. The summed E-state index contributed by atoms with van der Waals surface area (Å²) >= 11 is 0. The standard InChI is InChI=1S/C46H67N5O7S2/c1-29(53)57-38-24-34(54)11-16-45-15-10-31-20-30-8-9-41(46(25-30)26-35(12-17-49-46)58-39-23-32(21-36(31)38)33(27-52)22-37(39)55)48-18-19-59-60-28-44(13-3-2-4-14-44)51-43(47)50-40(45)6-5-7-42(45)56/h5-6,22-23,30-31,34-36,38,40-42,48-49,52,54-56H,2-4,7-9,11-14,16-21,24-28H2,1H3,(H3,47,50,51). The van der Waals surface area contributed by atoms with Crippen LogP contribution in [0, 0.1) is 35.0 Å². The molecule has 3 fully saturated rings. The summed E-state index contributed by atoms with van der Waals surface area (Å²) in [5, 5.41) is 57.8. The minimum atomic E-state index is -1.02. The molecule has 9 rings (SSSR count). The van der Waals surface area contributed by atoms with Crippen LogP contribution in [0.3, 0.4) is 0 Å². The van der Waals surface area contributed by atoms with Crippen molar-refractivity contribution in [3.05, 3.63) is 35.4 Å². The molecule has 4 heterocycles. The highest BCUT2D eigenvalue weighted by atomic mass is 33.1. The lowest BCUT2D eigenvalue weighted by Crippen LogP contribution is -2.66. The van der Waals surface area contributed by atoms with Gasteiger partial charge in [-0.15, -0.1) is 0 Å². The van der Waals surface area contributed by atoms with Crippen LogP contribution in [0.4, 0.5) is 0 Å². The molecule has 9 N–H and O–H groups in total. The van der Waals surface area contributed by atoms with Gasteiger partial charge in [-0.05, 0) is 106 Å². The number of fused-ring (bicyclic) bond motifs is 10. The zero-order chi connectivity index (χ0) is 41.9. The molecule has 330 valence electrons. The number of carbonyl (C=O) groups is 1. The van der Waals surface area contributed by atoms with E-state index in [0.29, 0.717) is 43.0 Å². The third kappa shape index (κ3) is 9.63. The number of ether oxygens (including phenoxy) is 2. The van der Waals surface area contributed by atoms with Crippen LogP contribution in [0.15, 0.2) is 29.3 Å². The molecule has 60 heavy (non-hydrogen) atoms. The third-order valence-corrected chi connectivity index (χ3v) is 17.5. The van der Waals surface area contributed by atoms with Crippen LogP contribution in [0.1, 0.15) is 114 Å². The first-order valence-electron chi connectivity index (χ1n) is 22.7. The van der Waals surface area contributed by atoms with Crippen LogP contribution in [0.5, 0.6) is 11.5 Å². The molecule has 1 aromatic carbocycles. The van der Waals surface area contributed by atoms with E-state index in [0.717, 1.165) is 94.4 Å². The number of aliphatic imine (C=N–C) groups is 1. The van der Waals surface area contributed by atoms with Gasteiger partial charge in [-0.3, -0.25) is 4.79 Å². The maximum Gasteiger partial charge on any atom is 0.302 e. The van der Waals surface area contributed by atoms with Gasteiger partial charge >= 0.3 is 5.97 Å². The van der Waals surface area contributed by atoms with Gasteiger partial charge in [0.2, 0.25) is 0 Å². The smallest absolute Gasteiger partial charge is 0.302 e. The predicted octanol–water partition coefficient (Wildman–Crippen LogP) is 4.85. The summed E-state index contributed by atoms with van der Waals surface area (Å²) in [6.45, 7) is 2.78. The predicted molar refractivity (Wildman–Crippen MR) is 238 cm³/mol. The number of phenolic OH excluding ortho intramolecular Hbond substituents is 1. The number of nitrogens with zero attached hydrogens (tertiary/aromatic N) is 1. The molecule has 11 atom stereocenters. The van der Waals surface area contributed by atoms with E-state index < -0.39 is 41.7 Å². The lowest BCUT2D eigenvalue weighted by Gasteiger charge is -2.52. The van der Waals surface area contributed by atoms with Crippen molar-refractivity contribution >= 4 is 33.5 Å². The molecule has 1 aromatic rings. The van der Waals surface area contributed by atoms with E-state index in [2.05, 4.69) is 27.8 Å². The number of esters is 1. The molecular formula is C46H67N5O7S2. The summed E-state index contributed by atoms with van der Waals surface area (Å²) in [5.41, 5.74) is 6.78. The second-order valence-electron chi connectivity index (χ2n) is 19.0. The normalized spacial score (nSPS) is 38.4. The highest BCUT2D eigenvalue weighted by Gasteiger charge is 2.50. The largest absolute Gasteiger partial charge is 0.504 e. The molecule has 14 heteroatoms. The molecule has 4 aliphatic heterocycles. The Labute approximate surface area is 363 Å². The van der Waals surface area contributed by atoms with Crippen LogP contribution in [-0.4, -0.2) is 105 Å². The number of hydrogen-bond donors (Lipinski definition) is 8. The van der Waals surface area contributed by atoms with Crippen LogP contribution in [0.25, 0.3) is 0 Å². The molecule has 8 bridgehead atoms. The second kappa shape index (κ2) is 19.0. The minimum absolute atomic E-state index is 0.0146. The Morgan fingerprint density at radius 2 is 1.92 bits per heavy atom. The number of rotatable bonds is 2. The van der Waals surface area contributed by atoms with Crippen molar-refractivity contribution in [2.24, 2.45) is 33.9 Å². The zero-order valence-electron chi connectivity index (χ0n) is 35.2. The number of guanidine groups is 1. The van der Waals surface area contributed by atoms with Crippen molar-refractivity contribution in [1.82, 2.24) is 16.0 Å². The maximum atomic E-state index is 12.9. The number of hydrogen-bond acceptors (Lipinski definition) is 14. The number of aliphatic hydroxyl groups is 3. The third-order valence-electron chi connectivity index (χ3n) is 15.0. The van der Waals surface area contributed by atoms with E-state index >= 15 is 0 Å². The van der Waals surface area contributed by atoms with Crippen molar-refractivity contribution < 1.29 is 34.7 Å². The highest BCUT2D eigenvalue weighted by molar-refractivity contribution is 8.76. The summed E-state index contributed by atoms with van der Waals surface area (Å²) < 4.78 is 13.0. The number of carbonyl (C=O) groups excluding carboxylic acids is 1. The van der Waals surface area contributed by atoms with Gasteiger partial charge in [-0.2, -0.15) is 0 Å². The molecule has 8 aliphatic rings. The van der Waals surface area contributed by atoms with E-state index in [-0.39, 0.29) is 53.8 Å². The first-order chi connectivity index (χ1) is 29.0. The van der Waals surface area contributed by atoms with Gasteiger partial charge in [0.05, 0.1) is 30.3 Å². The minimum Gasteiger partial charge on any atom is -0.504 e. The van der Waals surface area contributed by atoms with Crippen LogP contribution in [0.2, 0.25) is 0 Å². The molecule has 3 spiro atoms. The molecule has 2 saturated carbocycles. The zero-order valence-corrected chi connectivity index (χ0v) is 36.8. The highest BCUT2D eigenvalue weighted by Crippen LogP contribution is 2.47. The van der Waals surface area contributed by atoms with Crippen molar-refractivity contribution in [2.75, 3.05) is 24.6 Å². The monoisotopic (exact) mass is 865 g/mol. The summed E-state index contributed by atoms with van der Waals surface area (Å²) in [7, 11) is 3.81. The summed E-state index contributed by atoms with van der Waals surface area (Å²) in [6, 6.07) is 3.12. The Balaban J connectivity index is 1.30. The van der Waals surface area contributed by atoms with Crippen molar-refractivity contribution in [3.63, 3.8) is 0 Å². The van der Waals surface area contributed by atoms with Crippen molar-refractivity contribution in [1.29, 1.82) is 0 Å². The van der Waals surface area contributed by atoms with E-state index in [9.17, 15) is 25.2 Å². The average Bonchev–Trinajstić information content (AvgIpc) is 3.21. The van der Waals surface area contributed by atoms with Gasteiger partial charge in [-0.1, -0.05) is 64.8 Å². The van der Waals surface area contributed by atoms with Crippen LogP contribution >= 0.6 is 21.6 Å². The number of aromatic hydroxyl groups is 1. The van der Waals surface area contributed by atoms with Crippen LogP contribution < -0.4 is 26.4 Å². The molecule has 12 nitrogen and oxygen atoms in total. The molecule has 0 radical (unpaired) electrons. The number of nitrogens with two attached hydrogens (primary N) is 1. The van der Waals surface area contributed by atoms with Crippen LogP contribution in [-0.2, 0) is 22.6 Å². The molecule has 4 aliphatic carbocycles. The fraction of sp³-hybridized carbons (Fsp3) is 0.739. The number of benzene rings is 1.